The summed E-state index contributed by atoms with van der Waals surface area (Å²) in [6.45, 7) is 3.61. The number of piperazine rings is 1. The topological polar surface area (TPSA) is 85.4 Å². The molecule has 1 saturated heterocycles. The Morgan fingerprint density at radius 1 is 1.03 bits per heavy atom. The van der Waals surface area contributed by atoms with Gasteiger partial charge in [0.15, 0.2) is 0 Å². The Morgan fingerprint density at radius 2 is 1.77 bits per heavy atom. The number of aliphatic carboxylic acids is 1. The van der Waals surface area contributed by atoms with Crippen LogP contribution in [0.25, 0.3) is 11.4 Å². The van der Waals surface area contributed by atoms with E-state index in [-0.39, 0.29) is 6.42 Å². The van der Waals surface area contributed by atoms with Crippen molar-refractivity contribution in [2.75, 3.05) is 36.0 Å². The van der Waals surface area contributed by atoms with Gasteiger partial charge in [-0.2, -0.15) is 0 Å². The summed E-state index contributed by atoms with van der Waals surface area (Å²) in [6, 6.07) is 12.0. The molecule has 1 aliphatic carbocycles. The third kappa shape index (κ3) is 4.26. The van der Waals surface area contributed by atoms with Crippen molar-refractivity contribution in [2.45, 2.75) is 31.6 Å². The summed E-state index contributed by atoms with van der Waals surface area (Å²) in [5, 5.41) is 8.91. The van der Waals surface area contributed by atoms with Crippen LogP contribution >= 0.6 is 0 Å². The molecule has 7 heteroatoms. The number of H-pyrrole nitrogens is 1. The van der Waals surface area contributed by atoms with Crippen molar-refractivity contribution in [3.63, 3.8) is 0 Å². The minimum Gasteiger partial charge on any atom is -0.481 e. The van der Waals surface area contributed by atoms with Gasteiger partial charge in [-0.15, -0.1) is 0 Å². The molecule has 0 amide bonds. The lowest BCUT2D eigenvalue weighted by Gasteiger charge is -2.36. The third-order valence-corrected chi connectivity index (χ3v) is 6.40. The number of carboxylic acid groups (broad SMARTS) is 1. The number of pyridine rings is 1. The Kier molecular flexibility index (Phi) is 5.32. The largest absolute Gasteiger partial charge is 0.481 e. The van der Waals surface area contributed by atoms with Crippen molar-refractivity contribution in [3.05, 3.63) is 60.0 Å². The highest BCUT2D eigenvalue weighted by atomic mass is 16.4. The third-order valence-electron chi connectivity index (χ3n) is 6.40. The van der Waals surface area contributed by atoms with Gasteiger partial charge in [0, 0.05) is 55.7 Å². The van der Waals surface area contributed by atoms with Crippen LogP contribution in [0.1, 0.15) is 36.4 Å². The predicted octanol–water partition coefficient (Wildman–Crippen LogP) is 3.69. The number of rotatable bonds is 6. The first-order valence-electron chi connectivity index (χ1n) is 11.0. The van der Waals surface area contributed by atoms with Gasteiger partial charge in [0.2, 0.25) is 0 Å². The lowest BCUT2D eigenvalue weighted by atomic mass is 9.83. The van der Waals surface area contributed by atoms with Crippen LogP contribution in [0.3, 0.4) is 0 Å². The molecule has 0 atom stereocenters. The molecule has 1 aliphatic heterocycles. The number of nitrogens with zero attached hydrogens (tertiary/aromatic N) is 4. The predicted molar refractivity (Wildman–Crippen MR) is 121 cm³/mol. The molecule has 160 valence electrons. The van der Waals surface area contributed by atoms with E-state index in [0.717, 1.165) is 54.6 Å². The van der Waals surface area contributed by atoms with E-state index in [4.69, 9.17) is 15.1 Å². The molecule has 0 bridgehead atoms. The molecular weight excluding hydrogens is 390 g/mol. The van der Waals surface area contributed by atoms with Crippen molar-refractivity contribution in [2.24, 2.45) is 0 Å². The van der Waals surface area contributed by atoms with Crippen molar-refractivity contribution < 1.29 is 9.90 Å². The van der Waals surface area contributed by atoms with Gasteiger partial charge in [-0.3, -0.25) is 4.79 Å². The zero-order valence-corrected chi connectivity index (χ0v) is 17.5. The SMILES string of the molecule is O=C(O)Cc1ccc(N2CCN(c3ccc(-c4nc(C5CCC5)c[nH]4)cn3)CC2)cc1. The molecule has 3 aromatic rings. The minimum atomic E-state index is -0.800. The highest BCUT2D eigenvalue weighted by molar-refractivity contribution is 5.70. The second-order valence-electron chi connectivity index (χ2n) is 8.42. The van der Waals surface area contributed by atoms with E-state index in [0.29, 0.717) is 5.92 Å². The van der Waals surface area contributed by atoms with E-state index in [9.17, 15) is 4.79 Å². The molecule has 1 aromatic carbocycles. The minimum absolute atomic E-state index is 0.0651. The summed E-state index contributed by atoms with van der Waals surface area (Å²) >= 11 is 0. The molecule has 2 aromatic heterocycles. The van der Waals surface area contributed by atoms with Crippen molar-refractivity contribution in [3.8, 4) is 11.4 Å². The van der Waals surface area contributed by atoms with Crippen LogP contribution in [0.2, 0.25) is 0 Å². The van der Waals surface area contributed by atoms with Crippen molar-refractivity contribution >= 4 is 17.5 Å². The quantitative estimate of drug-likeness (QED) is 0.636. The molecule has 5 rings (SSSR count). The maximum atomic E-state index is 10.8. The Morgan fingerprint density at radius 3 is 2.39 bits per heavy atom. The number of imidazole rings is 1. The monoisotopic (exact) mass is 417 g/mol. The lowest BCUT2D eigenvalue weighted by molar-refractivity contribution is -0.136. The number of benzene rings is 1. The van der Waals surface area contributed by atoms with Crippen molar-refractivity contribution in [1.82, 2.24) is 15.0 Å². The van der Waals surface area contributed by atoms with Gasteiger partial charge in [-0.1, -0.05) is 18.6 Å². The number of carbonyl (C=O) groups is 1. The molecule has 3 heterocycles. The Bertz CT molecular complexity index is 1030. The molecule has 0 radical (unpaired) electrons. The first-order chi connectivity index (χ1) is 15.2. The smallest absolute Gasteiger partial charge is 0.307 e. The van der Waals surface area contributed by atoms with E-state index < -0.39 is 5.97 Å². The molecule has 31 heavy (non-hydrogen) atoms. The van der Waals surface area contributed by atoms with Gasteiger partial charge in [-0.05, 0) is 42.7 Å². The number of nitrogens with one attached hydrogen (secondary N) is 1. The first kappa shape index (κ1) is 19.6. The number of hydrogen-bond donors (Lipinski definition) is 2. The van der Waals surface area contributed by atoms with Gasteiger partial charge in [-0.25, -0.2) is 9.97 Å². The Balaban J connectivity index is 1.18. The van der Waals surface area contributed by atoms with E-state index in [1.807, 2.05) is 36.7 Å². The highest BCUT2D eigenvalue weighted by Gasteiger charge is 2.22. The average Bonchev–Trinajstić information content (AvgIpc) is 3.22. The fourth-order valence-corrected chi connectivity index (χ4v) is 4.30. The van der Waals surface area contributed by atoms with Crippen LogP contribution in [0.4, 0.5) is 11.5 Å². The molecular formula is C24H27N5O2. The highest BCUT2D eigenvalue weighted by Crippen LogP contribution is 2.36. The van der Waals surface area contributed by atoms with Crippen LogP contribution in [0.5, 0.6) is 0 Å². The zero-order valence-electron chi connectivity index (χ0n) is 17.5. The number of aromatic amines is 1. The maximum absolute atomic E-state index is 10.8. The number of anilines is 2. The fourth-order valence-electron chi connectivity index (χ4n) is 4.30. The second-order valence-corrected chi connectivity index (χ2v) is 8.42. The van der Waals surface area contributed by atoms with E-state index in [2.05, 4.69) is 26.9 Å². The maximum Gasteiger partial charge on any atom is 0.307 e. The van der Waals surface area contributed by atoms with Gasteiger partial charge < -0.3 is 19.9 Å². The van der Waals surface area contributed by atoms with Crippen LogP contribution in [-0.2, 0) is 11.2 Å². The normalized spacial score (nSPS) is 16.9. The van der Waals surface area contributed by atoms with E-state index >= 15 is 0 Å². The summed E-state index contributed by atoms with van der Waals surface area (Å²) in [4.78, 5) is 28.2. The molecule has 2 aliphatic rings. The Hall–Kier alpha value is -3.35. The summed E-state index contributed by atoms with van der Waals surface area (Å²) < 4.78 is 0. The molecule has 7 nitrogen and oxygen atoms in total. The van der Waals surface area contributed by atoms with Crippen LogP contribution in [0, 0.1) is 0 Å². The Labute approximate surface area is 181 Å². The van der Waals surface area contributed by atoms with Gasteiger partial charge in [0.25, 0.3) is 0 Å². The van der Waals surface area contributed by atoms with Gasteiger partial charge >= 0.3 is 5.97 Å². The van der Waals surface area contributed by atoms with Crippen LogP contribution in [0.15, 0.2) is 48.8 Å². The fraction of sp³-hybridized carbons (Fsp3) is 0.375. The lowest BCUT2D eigenvalue weighted by Crippen LogP contribution is -2.46. The van der Waals surface area contributed by atoms with Gasteiger partial charge in [0.1, 0.15) is 11.6 Å². The molecule has 0 unspecified atom stereocenters. The second kappa shape index (κ2) is 8.41. The summed E-state index contributed by atoms with van der Waals surface area (Å²) in [5.41, 5.74) is 4.17. The van der Waals surface area contributed by atoms with E-state index in [1.165, 1.54) is 25.0 Å². The van der Waals surface area contributed by atoms with Crippen LogP contribution in [-0.4, -0.2) is 52.2 Å². The number of hydrogen-bond acceptors (Lipinski definition) is 5. The van der Waals surface area contributed by atoms with Crippen molar-refractivity contribution in [1.29, 1.82) is 0 Å². The number of carboxylic acids is 1. The number of aromatic nitrogens is 3. The summed E-state index contributed by atoms with van der Waals surface area (Å²) in [5.74, 6) is 1.72. The van der Waals surface area contributed by atoms with Gasteiger partial charge in [0.05, 0.1) is 12.1 Å². The summed E-state index contributed by atoms with van der Waals surface area (Å²) in [6.07, 6.45) is 7.83. The first-order valence-corrected chi connectivity index (χ1v) is 11.0. The molecule has 1 saturated carbocycles. The molecule has 2 fully saturated rings. The summed E-state index contributed by atoms with van der Waals surface area (Å²) in [7, 11) is 0. The molecule has 2 N–H and O–H groups in total. The zero-order chi connectivity index (χ0) is 21.2. The van der Waals surface area contributed by atoms with Crippen LogP contribution < -0.4 is 9.80 Å². The molecule has 0 spiro atoms. The average molecular weight is 418 g/mol. The van der Waals surface area contributed by atoms with E-state index in [1.54, 1.807) is 0 Å². The standard InChI is InChI=1S/C24H27N5O2/c30-23(31)14-17-4-7-20(8-5-17)28-10-12-29(13-11-28)22-9-6-19(15-25-22)24-26-16-21(27-24)18-2-1-3-18/h4-9,15-16,18H,1-3,10-14H2,(H,26,27)(H,30,31).